The smallest absolute Gasteiger partial charge is 0.443 e. The molecule has 0 saturated heterocycles. The molecular weight excluding hydrogens is 324 g/mol. The zero-order valence-electron chi connectivity index (χ0n) is 9.04. The summed E-state index contributed by atoms with van der Waals surface area (Å²) in [6, 6.07) is 4.21. The first-order valence-electron chi connectivity index (χ1n) is 4.92. The van der Waals surface area contributed by atoms with E-state index in [1.54, 1.807) is 0 Å². The van der Waals surface area contributed by atoms with Crippen LogP contribution in [0.15, 0.2) is 28.7 Å². The SMILES string of the molecule is O=C(O)C1=Cc2cc(Cl)ccc2[S+](Cl)C1C(F)(F)F. The van der Waals surface area contributed by atoms with Crippen LogP contribution in [0.1, 0.15) is 5.56 Å². The van der Waals surface area contributed by atoms with Crippen molar-refractivity contribution in [3.63, 3.8) is 0 Å². The second kappa shape index (κ2) is 4.92. The van der Waals surface area contributed by atoms with Crippen LogP contribution in [0.2, 0.25) is 5.02 Å². The molecule has 0 bridgehead atoms. The van der Waals surface area contributed by atoms with Crippen LogP contribution >= 0.6 is 22.3 Å². The molecule has 2 nitrogen and oxygen atoms in total. The van der Waals surface area contributed by atoms with Gasteiger partial charge in [0.15, 0.2) is 25.7 Å². The Bertz CT molecular complexity index is 572. The van der Waals surface area contributed by atoms with Crippen LogP contribution in [0.25, 0.3) is 6.08 Å². The number of fused-ring (bicyclic) bond motifs is 1. The summed E-state index contributed by atoms with van der Waals surface area (Å²) in [5.41, 5.74) is -0.454. The minimum absolute atomic E-state index is 0.249. The quantitative estimate of drug-likeness (QED) is 0.794. The predicted octanol–water partition coefficient (Wildman–Crippen LogP) is 3.88. The van der Waals surface area contributed by atoms with E-state index in [1.165, 1.54) is 18.2 Å². The zero-order valence-corrected chi connectivity index (χ0v) is 11.4. The Kier molecular flexibility index (Phi) is 3.77. The van der Waals surface area contributed by atoms with E-state index in [9.17, 15) is 18.0 Å². The van der Waals surface area contributed by atoms with Gasteiger partial charge in [0.05, 0.1) is 0 Å². The lowest BCUT2D eigenvalue weighted by Gasteiger charge is -2.21. The number of carboxylic acids is 1. The van der Waals surface area contributed by atoms with E-state index < -0.39 is 33.1 Å². The lowest BCUT2D eigenvalue weighted by Crippen LogP contribution is -2.40. The standard InChI is InChI=1S/C11H5Cl2F3O2S/c12-6-1-2-8-5(3-6)4-7(10(17)18)9(19(8)13)11(14,15)16/h1-4,9H/p+1. The van der Waals surface area contributed by atoms with Gasteiger partial charge in [-0.1, -0.05) is 11.6 Å². The molecule has 1 N–H and O–H groups in total. The van der Waals surface area contributed by atoms with Crippen molar-refractivity contribution in [3.8, 4) is 0 Å². The monoisotopic (exact) mass is 329 g/mol. The number of hydrogen-bond acceptors (Lipinski definition) is 1. The maximum absolute atomic E-state index is 13.0. The highest BCUT2D eigenvalue weighted by molar-refractivity contribution is 8.19. The summed E-state index contributed by atoms with van der Waals surface area (Å²) in [5.74, 6) is -1.63. The molecule has 1 heterocycles. The van der Waals surface area contributed by atoms with E-state index in [4.69, 9.17) is 27.4 Å². The van der Waals surface area contributed by atoms with Crippen LogP contribution in [0.4, 0.5) is 13.2 Å². The summed E-state index contributed by atoms with van der Waals surface area (Å²) in [6.07, 6.45) is -3.74. The van der Waals surface area contributed by atoms with Gasteiger partial charge in [0.25, 0.3) is 5.25 Å². The Morgan fingerprint density at radius 2 is 2.00 bits per heavy atom. The summed E-state index contributed by atoms with van der Waals surface area (Å²) in [7, 11) is 4.06. The van der Waals surface area contributed by atoms with Crippen molar-refractivity contribution in [2.45, 2.75) is 16.3 Å². The second-order valence-corrected chi connectivity index (χ2v) is 6.71. The van der Waals surface area contributed by atoms with Gasteiger partial charge in [0.1, 0.15) is 5.57 Å². The molecule has 0 spiro atoms. The van der Waals surface area contributed by atoms with Gasteiger partial charge < -0.3 is 5.11 Å². The van der Waals surface area contributed by atoms with Gasteiger partial charge in [-0.3, -0.25) is 0 Å². The van der Waals surface area contributed by atoms with Crippen LogP contribution < -0.4 is 0 Å². The molecule has 1 aliphatic rings. The minimum atomic E-state index is -4.72. The van der Waals surface area contributed by atoms with Crippen molar-refractivity contribution < 1.29 is 23.1 Å². The lowest BCUT2D eigenvalue weighted by atomic mass is 10.1. The fourth-order valence-corrected chi connectivity index (χ4v) is 4.37. The van der Waals surface area contributed by atoms with Crippen LogP contribution in [0.5, 0.6) is 0 Å². The number of halogens is 5. The van der Waals surface area contributed by atoms with Crippen molar-refractivity contribution in [2.24, 2.45) is 0 Å². The third kappa shape index (κ3) is 2.70. The molecule has 102 valence electrons. The fraction of sp³-hybridized carbons (Fsp3) is 0.182. The number of aliphatic carboxylic acids is 1. The van der Waals surface area contributed by atoms with Gasteiger partial charge >= 0.3 is 12.1 Å². The lowest BCUT2D eigenvalue weighted by molar-refractivity contribution is -0.140. The molecule has 1 aromatic rings. The summed E-state index contributed by atoms with van der Waals surface area (Å²) in [6.45, 7) is 0. The van der Waals surface area contributed by atoms with Gasteiger partial charge in [-0.25, -0.2) is 4.79 Å². The number of benzene rings is 1. The molecule has 2 unspecified atom stereocenters. The maximum Gasteiger partial charge on any atom is 0.443 e. The molecule has 0 saturated carbocycles. The summed E-state index contributed by atoms with van der Waals surface area (Å²) >= 11 is 5.74. The molecular formula is C11H6Cl2F3O2S+. The highest BCUT2D eigenvalue weighted by atomic mass is 35.7. The molecule has 2 rings (SSSR count). The number of carboxylic acid groups (broad SMARTS) is 1. The Morgan fingerprint density at radius 3 is 2.53 bits per heavy atom. The average Bonchev–Trinajstić information content (AvgIpc) is 2.25. The predicted molar refractivity (Wildman–Crippen MR) is 68.4 cm³/mol. The first-order chi connectivity index (χ1) is 8.71. The summed E-state index contributed by atoms with van der Waals surface area (Å²) in [5, 5.41) is 7.03. The van der Waals surface area contributed by atoms with E-state index in [1.807, 2.05) is 0 Å². The summed E-state index contributed by atoms with van der Waals surface area (Å²) < 4.78 is 38.9. The fourth-order valence-electron chi connectivity index (χ4n) is 1.76. The second-order valence-electron chi connectivity index (χ2n) is 3.79. The molecule has 2 atom stereocenters. The van der Waals surface area contributed by atoms with Gasteiger partial charge in [0.2, 0.25) is 0 Å². The van der Waals surface area contributed by atoms with E-state index >= 15 is 0 Å². The first kappa shape index (κ1) is 14.6. The first-order valence-corrected chi connectivity index (χ1v) is 7.41. The van der Waals surface area contributed by atoms with Gasteiger partial charge in [-0.2, -0.15) is 13.2 Å². The van der Waals surface area contributed by atoms with Crippen LogP contribution in [0.3, 0.4) is 0 Å². The molecule has 0 fully saturated rings. The summed E-state index contributed by atoms with van der Waals surface area (Å²) in [4.78, 5) is 11.2. The molecule has 1 aromatic carbocycles. The third-order valence-electron chi connectivity index (χ3n) is 2.53. The average molecular weight is 330 g/mol. The van der Waals surface area contributed by atoms with Crippen molar-refractivity contribution in [1.82, 2.24) is 0 Å². The zero-order chi connectivity index (χ0) is 14.4. The Labute approximate surface area is 118 Å². The van der Waals surface area contributed by atoms with Crippen molar-refractivity contribution in [3.05, 3.63) is 34.4 Å². The Hall–Kier alpha value is -0.850. The molecule has 0 amide bonds. The van der Waals surface area contributed by atoms with Gasteiger partial charge in [-0.05, 0) is 24.3 Å². The molecule has 8 heteroatoms. The molecule has 0 aromatic heterocycles. The van der Waals surface area contributed by atoms with E-state index in [-0.39, 0.29) is 4.90 Å². The van der Waals surface area contributed by atoms with Gasteiger partial charge in [0, 0.05) is 10.6 Å². The number of carbonyl (C=O) groups is 1. The highest BCUT2D eigenvalue weighted by Crippen LogP contribution is 2.44. The van der Waals surface area contributed by atoms with Crippen molar-refractivity contribution in [2.75, 3.05) is 0 Å². The molecule has 0 radical (unpaired) electrons. The maximum atomic E-state index is 13.0. The van der Waals surface area contributed by atoms with E-state index in [2.05, 4.69) is 0 Å². The third-order valence-corrected chi connectivity index (χ3v) is 5.52. The molecule has 1 aliphatic heterocycles. The molecule has 0 aliphatic carbocycles. The van der Waals surface area contributed by atoms with Crippen LogP contribution in [-0.4, -0.2) is 22.5 Å². The van der Waals surface area contributed by atoms with Gasteiger partial charge in [-0.15, -0.1) is 0 Å². The minimum Gasteiger partial charge on any atom is -0.478 e. The van der Waals surface area contributed by atoms with Crippen LogP contribution in [-0.2, 0) is 14.9 Å². The van der Waals surface area contributed by atoms with Crippen molar-refractivity contribution in [1.29, 1.82) is 0 Å². The largest absolute Gasteiger partial charge is 0.478 e. The number of rotatable bonds is 1. The topological polar surface area (TPSA) is 37.3 Å². The van der Waals surface area contributed by atoms with Crippen LogP contribution in [0, 0.1) is 0 Å². The highest BCUT2D eigenvalue weighted by Gasteiger charge is 2.59. The Morgan fingerprint density at radius 1 is 1.37 bits per heavy atom. The number of hydrogen-bond donors (Lipinski definition) is 1. The van der Waals surface area contributed by atoms with E-state index in [0.29, 0.717) is 10.6 Å². The van der Waals surface area contributed by atoms with Crippen molar-refractivity contribution >= 4 is 44.4 Å². The molecule has 19 heavy (non-hydrogen) atoms. The number of alkyl halides is 3. The van der Waals surface area contributed by atoms with E-state index in [0.717, 1.165) is 6.08 Å². The Balaban J connectivity index is 2.64. The normalized spacial score (nSPS) is 22.7.